The first-order chi connectivity index (χ1) is 13.3. The molecule has 3 aromatic rings. The minimum absolute atomic E-state index is 0.0540. The molecule has 1 N–H and O–H groups in total. The average Bonchev–Trinajstić information content (AvgIpc) is 3.05. The van der Waals surface area contributed by atoms with E-state index in [-0.39, 0.29) is 17.2 Å². The lowest BCUT2D eigenvalue weighted by molar-refractivity contribution is -0.124. The van der Waals surface area contributed by atoms with E-state index in [1.54, 1.807) is 18.2 Å². The molecule has 1 fully saturated rings. The van der Waals surface area contributed by atoms with Gasteiger partial charge in [-0.3, -0.25) is 4.79 Å². The number of benzene rings is 2. The highest BCUT2D eigenvalue weighted by Gasteiger charge is 2.67. The third kappa shape index (κ3) is 2.22. The van der Waals surface area contributed by atoms with Gasteiger partial charge in [-0.15, -0.1) is 0 Å². The smallest absolute Gasteiger partial charge is 0.237 e. The molecule has 2 aliphatic carbocycles. The average molecular weight is 412 g/mol. The second kappa shape index (κ2) is 5.91. The maximum Gasteiger partial charge on any atom is 0.237 e. The van der Waals surface area contributed by atoms with E-state index in [0.29, 0.717) is 15.7 Å². The quantitative estimate of drug-likeness (QED) is 0.585. The summed E-state index contributed by atoms with van der Waals surface area (Å²) in [5.41, 5.74) is 3.15. The largest absolute Gasteiger partial charge is 0.325 e. The van der Waals surface area contributed by atoms with Crippen molar-refractivity contribution in [2.24, 2.45) is 5.41 Å². The highest BCUT2D eigenvalue weighted by molar-refractivity contribution is 6.42. The molecule has 2 unspecified atom stereocenters. The minimum atomic E-state index is -0.712. The Bertz CT molecular complexity index is 1140. The summed E-state index contributed by atoms with van der Waals surface area (Å²) in [7, 11) is 0. The number of hydrogen-bond acceptors (Lipinski definition) is 3. The summed E-state index contributed by atoms with van der Waals surface area (Å²) in [6, 6.07) is 13.0. The molecular weight excluding hydrogens is 393 g/mol. The van der Waals surface area contributed by atoms with Gasteiger partial charge in [-0.2, -0.15) is 0 Å². The summed E-state index contributed by atoms with van der Waals surface area (Å²) in [6.45, 7) is 4.32. The van der Waals surface area contributed by atoms with Gasteiger partial charge in [0.2, 0.25) is 5.91 Å². The minimum Gasteiger partial charge on any atom is -0.325 e. The highest BCUT2D eigenvalue weighted by atomic mass is 35.5. The Balaban J connectivity index is 1.64. The molecule has 2 bridgehead atoms. The van der Waals surface area contributed by atoms with E-state index in [1.807, 2.05) is 24.3 Å². The molecule has 28 heavy (non-hydrogen) atoms. The van der Waals surface area contributed by atoms with E-state index in [4.69, 9.17) is 33.2 Å². The standard InChI is InChI=1S/C22H19Cl2N3O/c1-21(2)13-9-10-22(21,20(28)25-12-7-8-14(23)15(24)11-12)19-18(13)26-16-5-3-4-6-17(16)27-19/h3-8,11,13H,9-10H2,1-2H3,(H,25,28). The number of hydrogen-bond donors (Lipinski definition) is 1. The molecule has 142 valence electrons. The molecule has 2 aromatic carbocycles. The van der Waals surface area contributed by atoms with Crippen LogP contribution in [0.2, 0.25) is 10.0 Å². The SMILES string of the molecule is CC1(C)C2CCC1(C(=O)Nc1ccc(Cl)c(Cl)c1)c1nc3ccccc3nc12. The Morgan fingerprint density at radius 3 is 2.50 bits per heavy atom. The van der Waals surface area contributed by atoms with Gasteiger partial charge in [0, 0.05) is 11.6 Å². The first-order valence-corrected chi connectivity index (χ1v) is 10.1. The Labute approximate surface area is 173 Å². The summed E-state index contributed by atoms with van der Waals surface area (Å²) >= 11 is 12.1. The van der Waals surface area contributed by atoms with Crippen LogP contribution in [-0.2, 0) is 10.2 Å². The maximum atomic E-state index is 13.7. The third-order valence-electron chi connectivity index (χ3n) is 6.68. The molecule has 0 aliphatic heterocycles. The fourth-order valence-corrected chi connectivity index (χ4v) is 5.44. The second-order valence-corrected chi connectivity index (χ2v) is 9.06. The zero-order valence-electron chi connectivity index (χ0n) is 15.6. The van der Waals surface area contributed by atoms with Gasteiger partial charge in [-0.05, 0) is 48.6 Å². The first-order valence-electron chi connectivity index (χ1n) is 9.38. The molecule has 5 rings (SSSR count). The number of amides is 1. The van der Waals surface area contributed by atoms with Crippen LogP contribution in [-0.4, -0.2) is 15.9 Å². The van der Waals surface area contributed by atoms with Crippen molar-refractivity contribution >= 4 is 45.8 Å². The fraction of sp³-hybridized carbons (Fsp3) is 0.318. The zero-order valence-corrected chi connectivity index (χ0v) is 17.1. The molecule has 0 radical (unpaired) electrons. The fourth-order valence-electron chi connectivity index (χ4n) is 5.14. The van der Waals surface area contributed by atoms with Crippen LogP contribution in [0.15, 0.2) is 42.5 Å². The summed E-state index contributed by atoms with van der Waals surface area (Å²) < 4.78 is 0. The van der Waals surface area contributed by atoms with E-state index in [0.717, 1.165) is 35.3 Å². The van der Waals surface area contributed by atoms with Crippen LogP contribution in [0.4, 0.5) is 5.69 Å². The number of carbonyl (C=O) groups is 1. The topological polar surface area (TPSA) is 54.9 Å². The van der Waals surface area contributed by atoms with E-state index in [1.165, 1.54) is 0 Å². The summed E-state index contributed by atoms with van der Waals surface area (Å²) in [5, 5.41) is 3.94. The van der Waals surface area contributed by atoms with Crippen LogP contribution in [0.3, 0.4) is 0 Å². The summed E-state index contributed by atoms with van der Waals surface area (Å²) in [4.78, 5) is 23.5. The predicted molar refractivity (Wildman–Crippen MR) is 112 cm³/mol. The van der Waals surface area contributed by atoms with Gasteiger partial charge in [0.1, 0.15) is 0 Å². The number of anilines is 1. The normalized spacial score (nSPS) is 24.4. The number of halogens is 2. The molecule has 0 saturated heterocycles. The van der Waals surface area contributed by atoms with Gasteiger partial charge in [-0.25, -0.2) is 9.97 Å². The van der Waals surface area contributed by atoms with Crippen LogP contribution in [0.1, 0.15) is 44.0 Å². The van der Waals surface area contributed by atoms with Crippen molar-refractivity contribution < 1.29 is 4.79 Å². The van der Waals surface area contributed by atoms with Gasteiger partial charge < -0.3 is 5.32 Å². The molecular formula is C22H19Cl2N3O. The van der Waals surface area contributed by atoms with Crippen LogP contribution >= 0.6 is 23.2 Å². The monoisotopic (exact) mass is 411 g/mol. The van der Waals surface area contributed by atoms with Crippen molar-refractivity contribution in [1.82, 2.24) is 9.97 Å². The molecule has 1 heterocycles. The van der Waals surface area contributed by atoms with Crippen LogP contribution in [0.5, 0.6) is 0 Å². The number of fused-ring (bicyclic) bond motifs is 6. The van der Waals surface area contributed by atoms with E-state index in [2.05, 4.69) is 19.2 Å². The molecule has 1 saturated carbocycles. The molecule has 6 heteroatoms. The maximum absolute atomic E-state index is 13.7. The lowest BCUT2D eigenvalue weighted by Crippen LogP contribution is -2.46. The number of carbonyl (C=O) groups excluding carboxylic acids is 1. The van der Waals surface area contributed by atoms with Crippen LogP contribution < -0.4 is 5.32 Å². The van der Waals surface area contributed by atoms with Crippen LogP contribution in [0, 0.1) is 5.41 Å². The summed E-state index contributed by atoms with van der Waals surface area (Å²) in [6.07, 6.45) is 1.69. The molecule has 1 aromatic heterocycles. The number of rotatable bonds is 2. The summed E-state index contributed by atoms with van der Waals surface area (Å²) in [5.74, 6) is 0.167. The lowest BCUT2D eigenvalue weighted by atomic mass is 9.67. The van der Waals surface area contributed by atoms with Crippen molar-refractivity contribution in [2.45, 2.75) is 38.0 Å². The van der Waals surface area contributed by atoms with Gasteiger partial charge in [0.05, 0.1) is 37.9 Å². The van der Waals surface area contributed by atoms with E-state index >= 15 is 0 Å². The first kappa shape index (κ1) is 17.9. The lowest BCUT2D eigenvalue weighted by Gasteiger charge is -2.36. The highest BCUT2D eigenvalue weighted by Crippen LogP contribution is 2.67. The molecule has 4 nitrogen and oxygen atoms in total. The number of para-hydroxylation sites is 2. The molecule has 2 aliphatic rings. The van der Waals surface area contributed by atoms with Crippen molar-refractivity contribution in [1.29, 1.82) is 0 Å². The Morgan fingerprint density at radius 1 is 1.07 bits per heavy atom. The Morgan fingerprint density at radius 2 is 1.79 bits per heavy atom. The van der Waals surface area contributed by atoms with Crippen molar-refractivity contribution in [3.63, 3.8) is 0 Å². The van der Waals surface area contributed by atoms with Crippen molar-refractivity contribution in [3.8, 4) is 0 Å². The molecule has 2 atom stereocenters. The van der Waals surface area contributed by atoms with E-state index in [9.17, 15) is 4.79 Å². The number of nitrogens with one attached hydrogen (secondary N) is 1. The van der Waals surface area contributed by atoms with E-state index < -0.39 is 5.41 Å². The van der Waals surface area contributed by atoms with Crippen LogP contribution in [0.25, 0.3) is 11.0 Å². The van der Waals surface area contributed by atoms with Crippen molar-refractivity contribution in [2.75, 3.05) is 5.32 Å². The van der Waals surface area contributed by atoms with Crippen molar-refractivity contribution in [3.05, 3.63) is 63.9 Å². The number of nitrogens with zero attached hydrogens (tertiary/aromatic N) is 2. The number of aromatic nitrogens is 2. The second-order valence-electron chi connectivity index (χ2n) is 8.25. The third-order valence-corrected chi connectivity index (χ3v) is 7.42. The van der Waals surface area contributed by atoms with Gasteiger partial charge in [0.25, 0.3) is 0 Å². The molecule has 1 amide bonds. The van der Waals surface area contributed by atoms with Gasteiger partial charge >= 0.3 is 0 Å². The predicted octanol–water partition coefficient (Wildman–Crippen LogP) is 5.73. The van der Waals surface area contributed by atoms with Gasteiger partial charge in [-0.1, -0.05) is 49.2 Å². The zero-order chi connectivity index (χ0) is 19.7. The Hall–Kier alpha value is -2.17. The Kier molecular flexibility index (Phi) is 3.78. The molecule has 0 spiro atoms. The van der Waals surface area contributed by atoms with Gasteiger partial charge in [0.15, 0.2) is 0 Å².